The van der Waals surface area contributed by atoms with Crippen molar-refractivity contribution < 1.29 is 13.2 Å². The largest absolute Gasteiger partial charge is 0.274 e. The quantitative estimate of drug-likeness (QED) is 0.881. The van der Waals surface area contributed by atoms with Gasteiger partial charge in [-0.05, 0) is 24.3 Å². The van der Waals surface area contributed by atoms with Gasteiger partial charge in [0.1, 0.15) is 4.21 Å². The van der Waals surface area contributed by atoms with E-state index in [4.69, 9.17) is 0 Å². The van der Waals surface area contributed by atoms with Crippen LogP contribution in [-0.4, -0.2) is 14.3 Å². The maximum atomic E-state index is 11.7. The molecule has 1 heterocycles. The van der Waals surface area contributed by atoms with Gasteiger partial charge in [-0.15, -0.1) is 11.3 Å². The summed E-state index contributed by atoms with van der Waals surface area (Å²) < 4.78 is 25.7. The molecule has 0 bridgehead atoms. The monoisotopic (exact) mass is 261 g/mol. The number of sulfonamides is 1. The molecule has 6 heteroatoms. The van der Waals surface area contributed by atoms with E-state index in [0.717, 1.165) is 11.3 Å². The van der Waals surface area contributed by atoms with E-state index in [-0.39, 0.29) is 10.1 Å². The molecular weight excluding hydrogens is 246 g/mol. The topological polar surface area (TPSA) is 63.2 Å². The number of rotatable bonds is 5. The summed E-state index contributed by atoms with van der Waals surface area (Å²) >= 11 is 1.10. The van der Waals surface area contributed by atoms with Crippen molar-refractivity contribution in [2.24, 2.45) is 5.92 Å². The van der Waals surface area contributed by atoms with Gasteiger partial charge >= 0.3 is 0 Å². The molecule has 0 radical (unpaired) electrons. The van der Waals surface area contributed by atoms with Crippen LogP contribution in [0.3, 0.4) is 0 Å². The van der Waals surface area contributed by atoms with Crippen LogP contribution in [0.2, 0.25) is 0 Å². The second kappa shape index (κ2) is 5.45. The first kappa shape index (κ1) is 13.2. The Labute approximate surface area is 99.7 Å². The predicted octanol–water partition coefficient (Wildman–Crippen LogP) is 1.99. The van der Waals surface area contributed by atoms with Crippen LogP contribution in [-0.2, 0) is 14.8 Å². The molecule has 0 spiro atoms. The van der Waals surface area contributed by atoms with Crippen molar-refractivity contribution in [1.82, 2.24) is 4.72 Å². The Morgan fingerprint density at radius 2 is 2.06 bits per heavy atom. The van der Waals surface area contributed by atoms with Crippen molar-refractivity contribution in [1.29, 1.82) is 0 Å². The molecule has 0 saturated heterocycles. The lowest BCUT2D eigenvalue weighted by molar-refractivity contribution is -0.123. The highest BCUT2D eigenvalue weighted by Crippen LogP contribution is 2.16. The Morgan fingerprint density at radius 3 is 2.50 bits per heavy atom. The summed E-state index contributed by atoms with van der Waals surface area (Å²) in [6, 6.07) is 3.12. The minimum atomic E-state index is -3.66. The molecule has 4 nitrogen and oxygen atoms in total. The van der Waals surface area contributed by atoms with Crippen LogP contribution < -0.4 is 4.72 Å². The first-order valence-corrected chi connectivity index (χ1v) is 7.47. The summed E-state index contributed by atoms with van der Waals surface area (Å²) in [5.74, 6) is -0.659. The molecule has 0 aliphatic rings. The Balaban J connectivity index is 2.78. The molecule has 1 aromatic heterocycles. The van der Waals surface area contributed by atoms with Gasteiger partial charge in [-0.2, -0.15) is 0 Å². The third-order valence-electron chi connectivity index (χ3n) is 2.35. The van der Waals surface area contributed by atoms with Crippen molar-refractivity contribution in [3.8, 4) is 0 Å². The van der Waals surface area contributed by atoms with Gasteiger partial charge in [0, 0.05) is 5.92 Å². The van der Waals surface area contributed by atoms with Gasteiger partial charge in [-0.1, -0.05) is 19.9 Å². The van der Waals surface area contributed by atoms with Crippen LogP contribution in [0.4, 0.5) is 0 Å². The smallest absolute Gasteiger partial charge is 0.273 e. The fraction of sp³-hybridized carbons (Fsp3) is 0.500. The Kier molecular flexibility index (Phi) is 4.49. The fourth-order valence-corrected chi connectivity index (χ4v) is 3.38. The Hall–Kier alpha value is -0.880. The summed E-state index contributed by atoms with van der Waals surface area (Å²) in [6.07, 6.45) is 1.28. The molecule has 1 amide bonds. The fourth-order valence-electron chi connectivity index (χ4n) is 1.34. The molecule has 0 saturated carbocycles. The molecule has 16 heavy (non-hydrogen) atoms. The molecule has 1 N–H and O–H groups in total. The summed E-state index contributed by atoms with van der Waals surface area (Å²) in [7, 11) is -3.66. The van der Waals surface area contributed by atoms with Crippen molar-refractivity contribution in [2.45, 2.75) is 30.9 Å². The number of carbonyl (C=O) groups is 1. The second-order valence-electron chi connectivity index (χ2n) is 3.42. The van der Waals surface area contributed by atoms with Crippen molar-refractivity contribution in [2.75, 3.05) is 0 Å². The average Bonchev–Trinajstić information content (AvgIpc) is 2.71. The lowest BCUT2D eigenvalue weighted by Crippen LogP contribution is -2.34. The zero-order valence-electron chi connectivity index (χ0n) is 9.26. The van der Waals surface area contributed by atoms with E-state index < -0.39 is 15.9 Å². The highest BCUT2D eigenvalue weighted by molar-refractivity contribution is 7.92. The summed E-state index contributed by atoms with van der Waals surface area (Å²) in [5.41, 5.74) is 0. The molecule has 0 aromatic carbocycles. The molecule has 0 aliphatic heterocycles. The highest BCUT2D eigenvalue weighted by Gasteiger charge is 2.22. The van der Waals surface area contributed by atoms with Crippen LogP contribution in [0.25, 0.3) is 0 Å². The molecule has 1 rings (SSSR count). The minimum Gasteiger partial charge on any atom is -0.274 e. The molecule has 90 valence electrons. The second-order valence-corrected chi connectivity index (χ2v) is 6.27. The van der Waals surface area contributed by atoms with E-state index >= 15 is 0 Å². The Morgan fingerprint density at radius 1 is 1.44 bits per heavy atom. The van der Waals surface area contributed by atoms with Gasteiger partial charge in [-0.3, -0.25) is 4.79 Å². The maximum Gasteiger partial charge on any atom is 0.273 e. The maximum absolute atomic E-state index is 11.7. The molecule has 0 atom stereocenters. The standard InChI is InChI=1S/C10H15NO3S2/c1-3-8(4-2)10(12)11-16(13,14)9-6-5-7-15-9/h5-8H,3-4H2,1-2H3,(H,11,12). The zero-order valence-corrected chi connectivity index (χ0v) is 10.9. The third-order valence-corrected chi connectivity index (χ3v) is 5.10. The number of amides is 1. The summed E-state index contributed by atoms with van der Waals surface area (Å²) in [4.78, 5) is 11.6. The molecular formula is C10H15NO3S2. The van der Waals surface area contributed by atoms with Gasteiger partial charge in [0.15, 0.2) is 0 Å². The lowest BCUT2D eigenvalue weighted by Gasteiger charge is -2.12. The van der Waals surface area contributed by atoms with Crippen molar-refractivity contribution >= 4 is 27.3 Å². The van der Waals surface area contributed by atoms with Gasteiger partial charge in [0.25, 0.3) is 10.0 Å². The highest BCUT2D eigenvalue weighted by atomic mass is 32.2. The van der Waals surface area contributed by atoms with Gasteiger partial charge in [0.05, 0.1) is 0 Å². The van der Waals surface area contributed by atoms with Crippen LogP contribution in [0.1, 0.15) is 26.7 Å². The number of hydrogen-bond acceptors (Lipinski definition) is 4. The van der Waals surface area contributed by atoms with Crippen LogP contribution in [0.15, 0.2) is 21.7 Å². The van der Waals surface area contributed by atoms with Crippen LogP contribution in [0, 0.1) is 5.92 Å². The van der Waals surface area contributed by atoms with Gasteiger partial charge in [-0.25, -0.2) is 13.1 Å². The zero-order chi connectivity index (χ0) is 12.2. The predicted molar refractivity (Wildman–Crippen MR) is 63.7 cm³/mol. The number of carbonyl (C=O) groups excluding carboxylic acids is 1. The van der Waals surface area contributed by atoms with E-state index in [2.05, 4.69) is 4.72 Å². The van der Waals surface area contributed by atoms with Gasteiger partial charge < -0.3 is 0 Å². The SMILES string of the molecule is CCC(CC)C(=O)NS(=O)(=O)c1cccs1. The van der Waals surface area contributed by atoms with E-state index in [1.54, 1.807) is 11.4 Å². The minimum absolute atomic E-state index is 0.173. The average molecular weight is 261 g/mol. The van der Waals surface area contributed by atoms with Crippen LogP contribution in [0.5, 0.6) is 0 Å². The number of nitrogens with one attached hydrogen (secondary N) is 1. The van der Waals surface area contributed by atoms with E-state index in [9.17, 15) is 13.2 Å². The van der Waals surface area contributed by atoms with Gasteiger partial charge in [0.2, 0.25) is 5.91 Å². The third kappa shape index (κ3) is 3.05. The molecule has 0 fully saturated rings. The van der Waals surface area contributed by atoms with E-state index in [1.807, 2.05) is 13.8 Å². The first-order chi connectivity index (χ1) is 7.51. The summed E-state index contributed by atoms with van der Waals surface area (Å²) in [6.45, 7) is 3.73. The normalized spacial score (nSPS) is 11.7. The van der Waals surface area contributed by atoms with Crippen LogP contribution >= 0.6 is 11.3 Å². The molecule has 1 aromatic rings. The van der Waals surface area contributed by atoms with E-state index in [0.29, 0.717) is 12.8 Å². The van der Waals surface area contributed by atoms with E-state index in [1.165, 1.54) is 6.07 Å². The molecule has 0 unspecified atom stereocenters. The first-order valence-electron chi connectivity index (χ1n) is 5.11. The summed E-state index contributed by atoms with van der Waals surface area (Å²) in [5, 5.41) is 1.66. The molecule has 0 aliphatic carbocycles. The Bertz CT molecular complexity index is 433. The lowest BCUT2D eigenvalue weighted by atomic mass is 10.0. The number of hydrogen-bond donors (Lipinski definition) is 1. The van der Waals surface area contributed by atoms with Crippen molar-refractivity contribution in [3.63, 3.8) is 0 Å². The van der Waals surface area contributed by atoms with Crippen molar-refractivity contribution in [3.05, 3.63) is 17.5 Å². The number of thiophene rings is 1.